The van der Waals surface area contributed by atoms with Gasteiger partial charge in [0, 0.05) is 39.6 Å². The Bertz CT molecular complexity index is 7220. The van der Waals surface area contributed by atoms with Crippen molar-refractivity contribution >= 4 is 44.4 Å². The predicted molar refractivity (Wildman–Crippen MR) is 529 cm³/mol. The van der Waals surface area contributed by atoms with Crippen LogP contribution in [0.4, 0.5) is 52.7 Å². The molecule has 0 spiro atoms. The summed E-state index contributed by atoms with van der Waals surface area (Å²) in [6.07, 6.45) is 2.94. The zero-order valence-electron chi connectivity index (χ0n) is 81.6. The molecule has 8 bridgehead atoms. The van der Waals surface area contributed by atoms with Gasteiger partial charge in [-0.1, -0.05) is 248 Å². The van der Waals surface area contributed by atoms with E-state index in [2.05, 4.69) is 183 Å². The summed E-state index contributed by atoms with van der Waals surface area (Å²) >= 11 is 0. The van der Waals surface area contributed by atoms with Gasteiger partial charge in [0.1, 0.15) is 5.41 Å². The monoisotopic (exact) mass is 2720 g/mol. The van der Waals surface area contributed by atoms with Gasteiger partial charge >= 0.3 is 109 Å². The first kappa shape index (κ1) is 112. The summed E-state index contributed by atoms with van der Waals surface area (Å²) in [5.74, 6) is 0.395. The van der Waals surface area contributed by atoms with Gasteiger partial charge in [-0.15, -0.1) is 118 Å². The van der Waals surface area contributed by atoms with Crippen molar-refractivity contribution in [3.63, 3.8) is 0 Å². The van der Waals surface area contributed by atoms with Crippen molar-refractivity contribution < 1.29 is 137 Å². The minimum absolute atomic E-state index is 0. The van der Waals surface area contributed by atoms with Crippen LogP contribution < -0.4 is 9.97 Å². The van der Waals surface area contributed by atoms with Crippen LogP contribution in [0.1, 0.15) is 221 Å². The average molecular weight is 2730 g/mol. The largest absolute Gasteiger partial charge is 2.00 e. The molecule has 34 heteroatoms. The number of rotatable bonds is 23. The third kappa shape index (κ3) is 23.9. The van der Waals surface area contributed by atoms with Crippen molar-refractivity contribution in [3.05, 3.63) is 405 Å². The number of unbranched alkanes of at least 4 members (excludes halogenated alkanes) is 1. The molecule has 0 fully saturated rings. The minimum Gasteiger partial charge on any atom is -0.657 e. The molecule has 2 aliphatic heterocycles. The van der Waals surface area contributed by atoms with Crippen LogP contribution in [-0.2, 0) is 158 Å². The number of aromatic nitrogens is 18. The Kier molecular flexibility index (Phi) is 36.2. The standard InChI is InChI=1S/C36H44N4.C31H16F6N6.C26H22N2.C21H14F6N6.4Pt/c1-9-21-22(10-2)30-18-32-25(13-5)26(14-6)34(39-32)20-36-28(16-8)27(15-7)35(40-36)19-33-24(12-4)23(11-3)31(38-33)17-29(21)37-30;32-30(33,34)25-15-17-42(40-25)27-13-5-11-23(38-27)29(21-9-3-1-7-19(21)20-8-2-4-10-22(20)29)24-12-6-14-28(39-24)43-18-16-26(41-43)31(35,36)37;1-3-11-21(12-4-1)25-19-9-17-23(27-25)15-7-8-16-24-18-10-20-26(28-24)22-13-5-2-6-14-22;1-19(2,13-5-3-7-17(28-13)32-11-9-15(30-32)20(22,23)24)14-6-4-8-18(29-14)33-12-10-16(31-33)21(25,26)27;;;;/h17-20H,9-16H2,1-8H3;1-16H;1-6,9-11,13,17-20H,7-8,15-16H2;3-10H,1-2H3;;;;/q4*-2;4*+2. The van der Waals surface area contributed by atoms with Crippen molar-refractivity contribution in [3.8, 4) is 56.9 Å². The Morgan fingerprint density at radius 3 is 0.865 bits per heavy atom. The van der Waals surface area contributed by atoms with Gasteiger partial charge in [0.25, 0.3) is 0 Å². The van der Waals surface area contributed by atoms with Gasteiger partial charge in [-0.2, -0.15) is 52.7 Å². The normalized spacial score (nSPS) is 12.6. The summed E-state index contributed by atoms with van der Waals surface area (Å²) in [6, 6.07) is 81.2. The Labute approximate surface area is 906 Å². The van der Waals surface area contributed by atoms with E-state index >= 15 is 0 Å². The molecule has 3 aliphatic rings. The minimum atomic E-state index is -4.66. The van der Waals surface area contributed by atoms with E-state index < -0.39 is 58.3 Å². The van der Waals surface area contributed by atoms with E-state index in [0.29, 0.717) is 22.8 Å². The molecule has 148 heavy (non-hydrogen) atoms. The number of allylic oxidation sites excluding steroid dienone is 4. The number of nitrogens with zero attached hydrogens (tertiary/aromatic N) is 18. The molecule has 13 aromatic heterocycles. The van der Waals surface area contributed by atoms with Crippen LogP contribution in [0.15, 0.2) is 255 Å². The molecule has 0 atom stereocenters. The number of hydrogen-bond donors (Lipinski definition) is 0. The Balaban J connectivity index is 0.000000165. The van der Waals surface area contributed by atoms with Crippen molar-refractivity contribution in [1.29, 1.82) is 0 Å². The van der Waals surface area contributed by atoms with Crippen molar-refractivity contribution in [2.24, 2.45) is 0 Å². The van der Waals surface area contributed by atoms with Crippen LogP contribution in [0.5, 0.6) is 0 Å². The summed E-state index contributed by atoms with van der Waals surface area (Å²) < 4.78 is 161. The maximum atomic E-state index is 13.3. The number of hydrogen-bond acceptors (Lipinski definition) is 12. The van der Waals surface area contributed by atoms with Gasteiger partial charge in [0.05, 0.1) is 68.8 Å². The first-order chi connectivity index (χ1) is 69.3. The fraction of sp³-hybridized carbons (Fsp3) is 0.246. The van der Waals surface area contributed by atoms with E-state index in [9.17, 15) is 52.7 Å². The number of pyridine rings is 6. The van der Waals surface area contributed by atoms with Crippen LogP contribution in [-0.4, -0.2) is 79.0 Å². The molecule has 766 valence electrons. The summed E-state index contributed by atoms with van der Waals surface area (Å²) in [5.41, 5.74) is 24.0. The van der Waals surface area contributed by atoms with Gasteiger partial charge in [-0.05, 0) is 183 Å². The maximum absolute atomic E-state index is 13.3. The fourth-order valence-corrected chi connectivity index (χ4v) is 18.7. The smallest absolute Gasteiger partial charge is 0.657 e. The van der Waals surface area contributed by atoms with E-state index in [4.69, 9.17) is 39.9 Å². The Hall–Kier alpha value is -12.9. The van der Waals surface area contributed by atoms with E-state index in [1.807, 2.05) is 97.1 Å². The third-order valence-corrected chi connectivity index (χ3v) is 25.6. The molecule has 0 amide bonds. The van der Waals surface area contributed by atoms with Gasteiger partial charge < -0.3 is 38.7 Å². The number of halogens is 12. The SMILES string of the molecule is CC(C)(c1cccc(-n2[c-]cc(C(F)(F)F)n2)n1)c1cccc(-n2[c-]cc(C(F)(F)F)n2)n1.CCC1=C(CC)c2cc3[n-]c(cc4nc(cc5[n-]c(cc1n2)c(CC)c5CC)C(CC)=C4CC)c(CC)c3CC.FC(F)(F)c1c[c-]n(-c2cccc(C3(c4cccc(-n5[c-]cc(C(F)(F)F)n5)n4)c4ccccc4-c4ccccc43)n2)n1.[Pt+2].[Pt+2].[Pt+2].[Pt+2].[c-]1ccccc1-c1cccc(CCCCc2cccc(-c3[c-]cccc3)n2)n1. The van der Waals surface area contributed by atoms with E-state index in [1.54, 1.807) is 62.4 Å². The van der Waals surface area contributed by atoms with Crippen LogP contribution in [0.2, 0.25) is 0 Å². The molecule has 4 aromatic carbocycles. The molecule has 20 rings (SSSR count). The fourth-order valence-electron chi connectivity index (χ4n) is 18.7. The maximum Gasteiger partial charge on any atom is 2.00 e. The van der Waals surface area contributed by atoms with E-state index in [-0.39, 0.29) is 108 Å². The van der Waals surface area contributed by atoms with Crippen LogP contribution in [0.3, 0.4) is 0 Å². The van der Waals surface area contributed by atoms with Crippen molar-refractivity contribution in [1.82, 2.24) is 89.0 Å². The van der Waals surface area contributed by atoms with Gasteiger partial charge in [-0.25, -0.2) is 9.97 Å². The number of fused-ring (bicyclic) bond motifs is 11. The second kappa shape index (κ2) is 47.8. The number of alkyl halides is 12. The molecule has 18 nitrogen and oxygen atoms in total. The molecule has 0 N–H and O–H groups in total. The summed E-state index contributed by atoms with van der Waals surface area (Å²) in [6.45, 7) is 21.5. The molecule has 0 saturated heterocycles. The summed E-state index contributed by atoms with van der Waals surface area (Å²) in [7, 11) is 0. The zero-order valence-corrected chi connectivity index (χ0v) is 90.7. The van der Waals surface area contributed by atoms with Crippen molar-refractivity contribution in [2.45, 2.75) is 182 Å². The summed E-state index contributed by atoms with van der Waals surface area (Å²) in [5, 5.41) is 14.2. The van der Waals surface area contributed by atoms with E-state index in [1.165, 1.54) is 68.8 Å². The molecule has 17 aromatic rings. The quantitative estimate of drug-likeness (QED) is 0.0332. The average Bonchev–Trinajstić information content (AvgIpc) is 1.53. The second-order valence-electron chi connectivity index (χ2n) is 34.8. The summed E-state index contributed by atoms with van der Waals surface area (Å²) in [4.78, 5) is 49.0. The molecule has 1 aliphatic carbocycles. The topological polar surface area (TPSA) is 203 Å². The first-order valence-electron chi connectivity index (χ1n) is 47.6. The van der Waals surface area contributed by atoms with Crippen molar-refractivity contribution in [2.75, 3.05) is 0 Å². The molecular formula is C114H96F12N18Pt4. The van der Waals surface area contributed by atoms with Gasteiger partial charge in [0.2, 0.25) is 0 Å². The number of benzene rings is 4. The van der Waals surface area contributed by atoms with Crippen LogP contribution >= 0.6 is 0 Å². The third-order valence-electron chi connectivity index (χ3n) is 25.6. The molecule has 0 unspecified atom stereocenters. The predicted octanol–water partition coefficient (Wildman–Crippen LogP) is 26.9. The van der Waals surface area contributed by atoms with Gasteiger partial charge in [-0.3, -0.25) is 40.3 Å². The Morgan fingerprint density at radius 2 is 0.581 bits per heavy atom. The Morgan fingerprint density at radius 1 is 0.291 bits per heavy atom. The van der Waals surface area contributed by atoms with Crippen LogP contribution in [0.25, 0.3) is 101 Å². The molecule has 0 radical (unpaired) electrons. The van der Waals surface area contributed by atoms with Crippen LogP contribution in [0, 0.1) is 36.9 Å². The molecule has 15 heterocycles. The molecule has 0 saturated carbocycles. The van der Waals surface area contributed by atoms with Gasteiger partial charge in [0.15, 0.2) is 0 Å². The zero-order chi connectivity index (χ0) is 102. The second-order valence-corrected chi connectivity index (χ2v) is 34.8. The first-order valence-corrected chi connectivity index (χ1v) is 47.6. The molecular weight excluding hydrogens is 2630 g/mol. The number of aryl methyl sites for hydroxylation is 6. The van der Waals surface area contributed by atoms with E-state index in [0.717, 1.165) is 221 Å².